The Hall–Kier alpha value is -1.13. The normalized spacial score (nSPS) is 25.6. The molecule has 1 unspecified atom stereocenters. The summed E-state index contributed by atoms with van der Waals surface area (Å²) in [6.07, 6.45) is 15.2. The molecular weight excluding hydrogens is 285 g/mol. The van der Waals surface area contributed by atoms with Crippen LogP contribution in [0.5, 0.6) is 0 Å². The Morgan fingerprint density at radius 3 is 2.39 bits per heavy atom. The molecule has 2 aliphatic heterocycles. The van der Waals surface area contributed by atoms with Crippen molar-refractivity contribution in [3.8, 4) is 0 Å². The van der Waals surface area contributed by atoms with Crippen molar-refractivity contribution in [2.75, 3.05) is 0 Å². The molecule has 0 radical (unpaired) electrons. The number of fused-ring (bicyclic) bond motifs is 2. The number of nitrogens with zero attached hydrogens (tertiary/aromatic N) is 3. The molecule has 2 fully saturated rings. The van der Waals surface area contributed by atoms with E-state index in [0.717, 1.165) is 31.2 Å². The predicted octanol–water partition coefficient (Wildman–Crippen LogP) is 4.43. The van der Waals surface area contributed by atoms with Crippen LogP contribution in [0.25, 0.3) is 0 Å². The summed E-state index contributed by atoms with van der Waals surface area (Å²) in [5.74, 6) is 2.28. The van der Waals surface area contributed by atoms with Crippen LogP contribution in [-0.4, -0.2) is 27.3 Å². The fraction of sp³-hybridized carbons (Fsp3) is 0.833. The lowest BCUT2D eigenvalue weighted by Gasteiger charge is -2.40. The van der Waals surface area contributed by atoms with Gasteiger partial charge in [0.05, 0.1) is 0 Å². The van der Waals surface area contributed by atoms with Gasteiger partial charge >= 0.3 is 0 Å². The van der Waals surface area contributed by atoms with Gasteiger partial charge in [-0.1, -0.05) is 76.7 Å². The smallest absolute Gasteiger partial charge is 0.159 e. The summed E-state index contributed by atoms with van der Waals surface area (Å²) in [7, 11) is 0. The molecule has 2 saturated heterocycles. The van der Waals surface area contributed by atoms with Crippen LogP contribution in [0.2, 0.25) is 18.0 Å². The van der Waals surface area contributed by atoms with Crippen LogP contribution >= 0.6 is 0 Å². The van der Waals surface area contributed by atoms with Gasteiger partial charge in [-0.3, -0.25) is 4.79 Å². The maximum Gasteiger partial charge on any atom is 0.159 e. The lowest BCUT2D eigenvalue weighted by molar-refractivity contribution is -0.125. The standard InChI is InChI=1S/C18H30BN3O/c1-14(2)18(23)17(22-13-20-12-21-22)10-5-11-19-15-6-3-7-16(19)9-4-8-15/h12-17H,3-11H2,1-2H3. The molecule has 126 valence electrons. The molecule has 1 atom stereocenters. The predicted molar refractivity (Wildman–Crippen MR) is 93.9 cm³/mol. The lowest BCUT2D eigenvalue weighted by atomic mass is 9.26. The topological polar surface area (TPSA) is 47.8 Å². The third-order valence-electron chi connectivity index (χ3n) is 6.18. The molecule has 3 rings (SSSR count). The second kappa shape index (κ2) is 7.63. The number of Topliss-reactive ketones (excluding diaryl/α,β-unsaturated/α-hetero) is 1. The number of aromatic nitrogens is 3. The Morgan fingerprint density at radius 2 is 1.87 bits per heavy atom. The zero-order valence-corrected chi connectivity index (χ0v) is 14.7. The van der Waals surface area contributed by atoms with Gasteiger partial charge in [0.1, 0.15) is 25.4 Å². The van der Waals surface area contributed by atoms with Gasteiger partial charge in [-0.15, -0.1) is 0 Å². The van der Waals surface area contributed by atoms with Crippen molar-refractivity contribution in [3.63, 3.8) is 0 Å². The van der Waals surface area contributed by atoms with Crippen molar-refractivity contribution < 1.29 is 4.79 Å². The number of ketones is 1. The van der Waals surface area contributed by atoms with Gasteiger partial charge in [0, 0.05) is 5.92 Å². The Balaban J connectivity index is 1.58. The third-order valence-corrected chi connectivity index (χ3v) is 6.18. The molecule has 23 heavy (non-hydrogen) atoms. The zero-order valence-electron chi connectivity index (χ0n) is 14.7. The van der Waals surface area contributed by atoms with E-state index < -0.39 is 0 Å². The summed E-state index contributed by atoms with van der Waals surface area (Å²) in [4.78, 5) is 16.6. The summed E-state index contributed by atoms with van der Waals surface area (Å²) < 4.78 is 1.77. The van der Waals surface area contributed by atoms with Crippen molar-refractivity contribution in [1.82, 2.24) is 14.8 Å². The largest absolute Gasteiger partial charge is 0.297 e. The first-order chi connectivity index (χ1) is 11.2. The number of hydrogen-bond donors (Lipinski definition) is 0. The molecule has 2 bridgehead atoms. The highest BCUT2D eigenvalue weighted by molar-refractivity contribution is 6.62. The molecule has 0 spiro atoms. The van der Waals surface area contributed by atoms with Crippen LogP contribution in [0.3, 0.4) is 0 Å². The molecule has 0 N–H and O–H groups in total. The molecule has 1 aromatic heterocycles. The van der Waals surface area contributed by atoms with Crippen LogP contribution in [0.15, 0.2) is 12.7 Å². The van der Waals surface area contributed by atoms with Gasteiger partial charge in [0.2, 0.25) is 0 Å². The Kier molecular flexibility index (Phi) is 5.55. The molecule has 5 heteroatoms. The first-order valence-corrected chi connectivity index (χ1v) is 9.54. The average Bonchev–Trinajstić information content (AvgIpc) is 3.04. The van der Waals surface area contributed by atoms with Gasteiger partial charge in [-0.2, -0.15) is 5.10 Å². The zero-order chi connectivity index (χ0) is 16.2. The molecule has 0 amide bonds. The van der Waals surface area contributed by atoms with E-state index in [4.69, 9.17) is 0 Å². The average molecular weight is 315 g/mol. The van der Waals surface area contributed by atoms with Crippen molar-refractivity contribution in [1.29, 1.82) is 0 Å². The molecular formula is C18H30BN3O. The first-order valence-electron chi connectivity index (χ1n) is 9.54. The number of hydrogen-bond acceptors (Lipinski definition) is 3. The summed E-state index contributed by atoms with van der Waals surface area (Å²) in [6.45, 7) is 4.89. The minimum Gasteiger partial charge on any atom is -0.297 e. The van der Waals surface area contributed by atoms with E-state index in [1.807, 2.05) is 13.8 Å². The number of rotatable bonds is 7. The second-order valence-electron chi connectivity index (χ2n) is 7.93. The SMILES string of the molecule is CC(C)C(=O)C(CCCB1C2CCCC1CCC2)n1cncn1. The minimum absolute atomic E-state index is 0.0539. The lowest BCUT2D eigenvalue weighted by Crippen LogP contribution is -2.34. The highest BCUT2D eigenvalue weighted by Gasteiger charge is 2.38. The van der Waals surface area contributed by atoms with Gasteiger partial charge in [0.15, 0.2) is 5.78 Å². The van der Waals surface area contributed by atoms with E-state index in [2.05, 4.69) is 10.1 Å². The van der Waals surface area contributed by atoms with Gasteiger partial charge in [0.25, 0.3) is 0 Å². The fourth-order valence-electron chi connectivity index (χ4n) is 5.00. The summed E-state index contributed by atoms with van der Waals surface area (Å²) in [5.41, 5.74) is 0. The Bertz CT molecular complexity index is 480. The number of carbonyl (C=O) groups is 1. The Labute approximate surface area is 140 Å². The maximum atomic E-state index is 12.5. The van der Waals surface area contributed by atoms with Crippen molar-refractivity contribution >= 4 is 12.5 Å². The first kappa shape index (κ1) is 16.7. The highest BCUT2D eigenvalue weighted by Crippen LogP contribution is 2.48. The van der Waals surface area contributed by atoms with Crippen LogP contribution in [0.1, 0.15) is 71.3 Å². The van der Waals surface area contributed by atoms with E-state index in [1.54, 1.807) is 11.0 Å². The highest BCUT2D eigenvalue weighted by atomic mass is 16.1. The van der Waals surface area contributed by atoms with E-state index in [1.165, 1.54) is 51.2 Å². The molecule has 0 aromatic carbocycles. The quantitative estimate of drug-likeness (QED) is 0.699. The van der Waals surface area contributed by atoms with Crippen molar-refractivity contribution in [2.24, 2.45) is 5.92 Å². The minimum atomic E-state index is -0.124. The van der Waals surface area contributed by atoms with Crippen LogP contribution < -0.4 is 0 Å². The van der Waals surface area contributed by atoms with E-state index in [-0.39, 0.29) is 12.0 Å². The van der Waals surface area contributed by atoms with Crippen LogP contribution in [-0.2, 0) is 4.79 Å². The third kappa shape index (κ3) is 3.86. The molecule has 0 aliphatic carbocycles. The van der Waals surface area contributed by atoms with Gasteiger partial charge < -0.3 is 0 Å². The van der Waals surface area contributed by atoms with Gasteiger partial charge in [-0.25, -0.2) is 9.67 Å². The molecule has 1 aromatic rings. The Morgan fingerprint density at radius 1 is 1.22 bits per heavy atom. The van der Waals surface area contributed by atoms with Crippen molar-refractivity contribution in [2.45, 2.75) is 89.2 Å². The van der Waals surface area contributed by atoms with E-state index >= 15 is 0 Å². The van der Waals surface area contributed by atoms with E-state index in [9.17, 15) is 4.79 Å². The molecule has 0 saturated carbocycles. The number of carbonyl (C=O) groups excluding carboxylic acids is 1. The van der Waals surface area contributed by atoms with Crippen LogP contribution in [0.4, 0.5) is 0 Å². The van der Waals surface area contributed by atoms with Crippen LogP contribution in [0, 0.1) is 5.92 Å². The molecule has 2 aliphatic rings. The fourth-order valence-corrected chi connectivity index (χ4v) is 5.00. The second-order valence-corrected chi connectivity index (χ2v) is 7.93. The maximum absolute atomic E-state index is 12.5. The summed E-state index contributed by atoms with van der Waals surface area (Å²) >= 11 is 0. The van der Waals surface area contributed by atoms with Gasteiger partial charge in [-0.05, 0) is 6.42 Å². The van der Waals surface area contributed by atoms with E-state index in [0.29, 0.717) is 5.78 Å². The molecule has 3 heterocycles. The monoisotopic (exact) mass is 315 g/mol. The van der Waals surface area contributed by atoms with Crippen molar-refractivity contribution in [3.05, 3.63) is 12.7 Å². The summed E-state index contributed by atoms with van der Waals surface area (Å²) in [5, 5.41) is 4.23. The molecule has 4 nitrogen and oxygen atoms in total. The summed E-state index contributed by atoms with van der Waals surface area (Å²) in [6, 6.07) is -0.124.